The van der Waals surface area contributed by atoms with Gasteiger partial charge in [-0.05, 0) is 133 Å². The third kappa shape index (κ3) is 13.0. The van der Waals surface area contributed by atoms with Crippen LogP contribution >= 0.6 is 0 Å². The Morgan fingerprint density at radius 2 is 1.10 bits per heavy atom. The number of benzene rings is 8. The zero-order chi connectivity index (χ0) is 68.0. The first-order chi connectivity index (χ1) is 46.6. The molecule has 0 fully saturated rings. The molecule has 0 bridgehead atoms. The topological polar surface area (TPSA) is 57.6 Å². The normalized spacial score (nSPS) is 18.1. The maximum Gasteiger partial charge on any atom is 0.182 e. The van der Waals surface area contributed by atoms with Crippen LogP contribution in [-0.4, -0.2) is 24.1 Å². The summed E-state index contributed by atoms with van der Waals surface area (Å²) in [5.74, 6) is 5.36. The summed E-state index contributed by atoms with van der Waals surface area (Å²) < 4.78 is 46.2. The number of fused-ring (bicyclic) bond motifs is 4. The number of nitrogens with one attached hydrogen (secondary N) is 2. The molecule has 3 aliphatic heterocycles. The van der Waals surface area contributed by atoms with E-state index in [-0.39, 0.29) is 67.0 Å². The molecule has 0 aliphatic carbocycles. The van der Waals surface area contributed by atoms with Gasteiger partial charge in [-0.1, -0.05) is 224 Å². The van der Waals surface area contributed by atoms with Crippen molar-refractivity contribution in [2.45, 2.75) is 90.9 Å². The Hall–Kier alpha value is -9.55. The third-order valence-corrected chi connectivity index (χ3v) is 17.6. The first-order valence-corrected chi connectivity index (χ1v) is 31.8. The van der Waals surface area contributed by atoms with Gasteiger partial charge < -0.3 is 29.7 Å². The number of para-hydroxylation sites is 4. The Balaban J connectivity index is 0.00000914. The minimum Gasteiger partial charge on any atom is -0.509 e. The van der Waals surface area contributed by atoms with Crippen molar-refractivity contribution in [1.29, 1.82) is 0 Å². The Kier molecular flexibility index (Phi) is 17.0. The van der Waals surface area contributed by atoms with Crippen LogP contribution < -0.4 is 25.2 Å². The number of nitrogens with zero attached hydrogens (tertiary/aromatic N) is 4. The molecule has 3 aliphatic rings. The molecule has 0 unspecified atom stereocenters. The van der Waals surface area contributed by atoms with Crippen molar-refractivity contribution in [3.63, 3.8) is 0 Å². The van der Waals surface area contributed by atoms with Gasteiger partial charge in [0.15, 0.2) is 14.6 Å². The summed E-state index contributed by atoms with van der Waals surface area (Å²) in [5, 5.41) is 7.43. The van der Waals surface area contributed by atoms with E-state index in [0.29, 0.717) is 33.6 Å². The molecule has 0 amide bonds. The van der Waals surface area contributed by atoms with Gasteiger partial charge in [-0.25, -0.2) is 4.98 Å². The molecule has 8 aromatic carbocycles. The molecule has 13 rings (SSSR count). The third-order valence-electron chi connectivity index (χ3n) is 17.6. The zero-order valence-electron chi connectivity index (χ0n) is 58.8. The number of hydrogen-bond acceptors (Lipinski definition) is 6. The molecule has 0 atom stereocenters. The number of ether oxygens (including phenoxy) is 1. The Morgan fingerprint density at radius 3 is 1.69 bits per heavy atom. The van der Waals surface area contributed by atoms with E-state index in [1.54, 1.807) is 6.20 Å². The number of anilines is 4. The maximum absolute atomic E-state index is 9.59. The van der Waals surface area contributed by atoms with E-state index in [1.807, 2.05) is 126 Å². The molecule has 0 saturated heterocycles. The predicted octanol–water partition coefficient (Wildman–Crippen LogP) is 20.3. The summed E-state index contributed by atoms with van der Waals surface area (Å²) in [6.07, 6.45) is 25.8. The van der Waals surface area contributed by atoms with E-state index in [1.165, 1.54) is 16.7 Å². The van der Waals surface area contributed by atoms with E-state index in [9.17, 15) is 2.74 Å². The monoisotopic (exact) mass is 1410 g/mol. The summed E-state index contributed by atoms with van der Waals surface area (Å²) in [6.45, 7) is 25.0. The Labute approximate surface area is 577 Å². The number of pyridine rings is 1. The minimum absolute atomic E-state index is 0. The van der Waals surface area contributed by atoms with Gasteiger partial charge >= 0.3 is 0 Å². The van der Waals surface area contributed by atoms with Crippen molar-refractivity contribution < 1.29 is 31.3 Å². The average Bonchev–Trinajstić information content (AvgIpc) is 1.55. The van der Waals surface area contributed by atoms with E-state index >= 15 is 0 Å². The van der Waals surface area contributed by atoms with Crippen molar-refractivity contribution in [3.05, 3.63) is 331 Å². The summed E-state index contributed by atoms with van der Waals surface area (Å²) in [5.41, 5.74) is 15.7. The van der Waals surface area contributed by atoms with Crippen LogP contribution in [0.4, 0.5) is 22.7 Å². The Bertz CT molecular complexity index is 4820. The van der Waals surface area contributed by atoms with Crippen molar-refractivity contribution in [2.75, 3.05) is 9.80 Å². The van der Waals surface area contributed by atoms with E-state index in [0.717, 1.165) is 72.6 Å². The van der Waals surface area contributed by atoms with Crippen LogP contribution in [0.3, 0.4) is 0 Å². The SMILES string of the molecule is [2H]c1c([2H])c([2H])c2c(c1[2H])c1ccc(Oc3[c-]c(N4[CH-]N(c5c(/C6=C/C=C\N/C=C\C=C/[B]6)cccc5/C5=C/C=C\N/C=C\C=C/[B]5)c5ccccc54)cc(-c4c(C(C)(C)C)cc(C(C)(C)C)cc4C(C)(C)C)c3)[c-]c1n2-c1cc(C(C)(c2ccccc2)c2ccccc2)ccn1.[Pt]. The second kappa shape index (κ2) is 26.8. The quantitative estimate of drug-likeness (QED) is 0.0994. The average molecular weight is 1410 g/mol. The largest absolute Gasteiger partial charge is 0.509 e. The second-order valence-corrected chi connectivity index (χ2v) is 27.0. The van der Waals surface area contributed by atoms with Gasteiger partial charge in [0.25, 0.3) is 0 Å². The van der Waals surface area contributed by atoms with Crippen molar-refractivity contribution in [2.24, 2.45) is 0 Å². The predicted molar refractivity (Wildman–Crippen MR) is 393 cm³/mol. The number of allylic oxidation sites excluding steroid dienone is 8. The molecular weight excluding hydrogens is 1330 g/mol. The minimum atomic E-state index is -0.652. The molecule has 2 aromatic heterocycles. The van der Waals surface area contributed by atoms with Gasteiger partial charge in [0.1, 0.15) is 5.82 Å². The molecule has 5 heterocycles. The molecule has 2 radical (unpaired) electrons. The fourth-order valence-electron chi connectivity index (χ4n) is 12.8. The standard InChI is InChI=1S/C84H77B2N6O.Pt/c1-81(2,3)62-52-70(82(4,5)6)79(71(53-62)83(7,8)9)58-50-63(90-57-91(76-39-20-19-38-75(76)90)80-68(72-35-26-47-87-45-23-21-43-85-72)33-25-34-69(80)73-36-27-48-88-46-24-22-44-86-73)55-65(51-58)93-64-40-41-67-66-32-17-18-37-74(66)92(77(67)56-64)78-54-61(42-49-89-78)84(10,59-28-13-11-14-29-59)60-30-15-12-16-31-60;/h11-54,57,87-88H,1-10H3;/q-3;/b43-21-,44-22-,45-23-,46-24-,47-26-,48-27-,72-35-,73-36-;/i17D,18D,32D,37D;. The van der Waals surface area contributed by atoms with Crippen LogP contribution in [0.15, 0.2) is 267 Å². The van der Waals surface area contributed by atoms with Crippen molar-refractivity contribution >= 4 is 70.1 Å². The fraction of sp³-hybridized carbons (Fsp3) is 0.167. The van der Waals surface area contributed by atoms with Gasteiger partial charge in [-0.2, -0.15) is 6.07 Å². The van der Waals surface area contributed by atoms with Gasteiger partial charge in [-0.15, -0.1) is 65.6 Å². The van der Waals surface area contributed by atoms with Crippen molar-refractivity contribution in [3.8, 4) is 28.4 Å². The molecule has 7 nitrogen and oxygen atoms in total. The first kappa shape index (κ1) is 59.5. The van der Waals surface area contributed by atoms with Crippen LogP contribution in [0.2, 0.25) is 0 Å². The van der Waals surface area contributed by atoms with Gasteiger partial charge in [-0.3, -0.25) is 0 Å². The maximum atomic E-state index is 9.59. The van der Waals surface area contributed by atoms with Gasteiger partial charge in [0.05, 0.1) is 5.48 Å². The molecule has 10 heteroatoms. The van der Waals surface area contributed by atoms with Gasteiger partial charge in [0.2, 0.25) is 0 Å². The molecular formula is C84H77B2N6OPt-3. The molecule has 10 aromatic rings. The molecule has 0 saturated carbocycles. The Morgan fingerprint density at radius 1 is 0.521 bits per heavy atom. The van der Waals surface area contributed by atoms with Crippen LogP contribution in [0.25, 0.3) is 49.7 Å². The second-order valence-electron chi connectivity index (χ2n) is 27.0. The van der Waals surface area contributed by atoms with E-state index in [4.69, 9.17) is 12.5 Å². The smallest absolute Gasteiger partial charge is 0.182 e. The van der Waals surface area contributed by atoms with E-state index in [2.05, 4.69) is 238 Å². The summed E-state index contributed by atoms with van der Waals surface area (Å²) in [4.78, 5) is 9.55. The molecule has 0 spiro atoms. The van der Waals surface area contributed by atoms with Crippen LogP contribution in [0.1, 0.15) is 119 Å². The summed E-state index contributed by atoms with van der Waals surface area (Å²) in [6, 6.07) is 59.1. The molecule has 94 heavy (non-hydrogen) atoms. The summed E-state index contributed by atoms with van der Waals surface area (Å²) in [7, 11) is 4.31. The zero-order valence-corrected chi connectivity index (χ0v) is 57.1. The van der Waals surface area contributed by atoms with Crippen LogP contribution in [-0.2, 0) is 42.7 Å². The van der Waals surface area contributed by atoms with Crippen LogP contribution in [0, 0.1) is 18.8 Å². The summed E-state index contributed by atoms with van der Waals surface area (Å²) >= 11 is 0. The first-order valence-electron chi connectivity index (χ1n) is 33.8. The van der Waals surface area contributed by atoms with E-state index < -0.39 is 5.41 Å². The number of aromatic nitrogens is 2. The fourth-order valence-corrected chi connectivity index (χ4v) is 12.8. The van der Waals surface area contributed by atoms with Gasteiger partial charge in [0, 0.05) is 91.6 Å². The van der Waals surface area contributed by atoms with Crippen LogP contribution in [0.5, 0.6) is 11.5 Å². The number of hydrogen-bond donors (Lipinski definition) is 2. The molecule has 2 N–H and O–H groups in total. The van der Waals surface area contributed by atoms with Crippen molar-refractivity contribution in [1.82, 2.24) is 20.2 Å². The number of rotatable bonds is 11. The molecule has 468 valence electrons.